The van der Waals surface area contributed by atoms with Gasteiger partial charge in [-0.2, -0.15) is 0 Å². The van der Waals surface area contributed by atoms with Crippen molar-refractivity contribution in [3.63, 3.8) is 0 Å². The molecule has 16 heavy (non-hydrogen) atoms. The van der Waals surface area contributed by atoms with E-state index in [4.69, 9.17) is 16.3 Å². The highest BCUT2D eigenvalue weighted by atomic mass is 35.5. The highest BCUT2D eigenvalue weighted by Gasteiger charge is 2.12. The number of ether oxygens (including phenoxy) is 1. The van der Waals surface area contributed by atoms with Crippen molar-refractivity contribution in [3.8, 4) is 0 Å². The Bertz CT molecular complexity index is 391. The number of halogens is 1. The van der Waals surface area contributed by atoms with Gasteiger partial charge in [0.1, 0.15) is 22.4 Å². The van der Waals surface area contributed by atoms with E-state index in [9.17, 15) is 0 Å². The number of aryl methyl sites for hydroxylation is 1. The van der Waals surface area contributed by atoms with E-state index in [0.717, 1.165) is 24.2 Å². The highest BCUT2D eigenvalue weighted by molar-refractivity contribution is 6.30. The molecule has 1 aromatic heterocycles. The summed E-state index contributed by atoms with van der Waals surface area (Å²) in [4.78, 5) is 8.64. The molecule has 1 heterocycles. The topological polar surface area (TPSA) is 35.0 Å². The van der Waals surface area contributed by atoms with E-state index in [1.54, 1.807) is 0 Å². The van der Waals surface area contributed by atoms with E-state index in [2.05, 4.69) is 23.5 Å². The Morgan fingerprint density at radius 3 is 2.62 bits per heavy atom. The quantitative estimate of drug-likeness (QED) is 0.585. The summed E-state index contributed by atoms with van der Waals surface area (Å²) in [5.74, 6) is 1.30. The Morgan fingerprint density at radius 2 is 2.06 bits per heavy atom. The van der Waals surface area contributed by atoms with Gasteiger partial charge in [-0.1, -0.05) is 25.1 Å². The molecule has 0 N–H and O–H groups in total. The molecule has 88 valence electrons. The minimum absolute atomic E-state index is 0.481. The van der Waals surface area contributed by atoms with Gasteiger partial charge in [0.05, 0.1) is 6.61 Å². The minimum atomic E-state index is 0.481. The van der Waals surface area contributed by atoms with Crippen LogP contribution in [0.15, 0.2) is 6.58 Å². The van der Waals surface area contributed by atoms with Crippen molar-refractivity contribution in [1.82, 2.24) is 9.97 Å². The van der Waals surface area contributed by atoms with Crippen molar-refractivity contribution in [3.05, 3.63) is 28.8 Å². The van der Waals surface area contributed by atoms with Gasteiger partial charge in [-0.3, -0.25) is 0 Å². The first-order valence-corrected chi connectivity index (χ1v) is 5.83. The van der Waals surface area contributed by atoms with Crippen molar-refractivity contribution in [2.75, 3.05) is 6.61 Å². The summed E-state index contributed by atoms with van der Waals surface area (Å²) < 4.78 is 5.35. The Labute approximate surface area is 102 Å². The lowest BCUT2D eigenvalue weighted by Crippen LogP contribution is -2.04. The van der Waals surface area contributed by atoms with Gasteiger partial charge in [0.15, 0.2) is 0 Å². The SMILES string of the molecule is C=C(OCC)c1nc(CCC)nc(Cl)c1C. The number of nitrogens with zero attached hydrogens (tertiary/aromatic N) is 2. The number of aromatic nitrogens is 2. The summed E-state index contributed by atoms with van der Waals surface area (Å²) in [5.41, 5.74) is 1.53. The third-order valence-corrected chi connectivity index (χ3v) is 2.56. The second kappa shape index (κ2) is 5.85. The van der Waals surface area contributed by atoms with Crippen molar-refractivity contribution in [1.29, 1.82) is 0 Å². The molecule has 0 fully saturated rings. The van der Waals surface area contributed by atoms with Crippen LogP contribution in [0.3, 0.4) is 0 Å². The zero-order valence-electron chi connectivity index (χ0n) is 10.0. The summed E-state index contributed by atoms with van der Waals surface area (Å²) in [6.45, 7) is 10.3. The van der Waals surface area contributed by atoms with Crippen molar-refractivity contribution in [2.45, 2.75) is 33.6 Å². The molecule has 1 rings (SSSR count). The predicted molar refractivity (Wildman–Crippen MR) is 66.4 cm³/mol. The zero-order valence-corrected chi connectivity index (χ0v) is 10.8. The lowest BCUT2D eigenvalue weighted by molar-refractivity contribution is 0.297. The highest BCUT2D eigenvalue weighted by Crippen LogP contribution is 2.22. The van der Waals surface area contributed by atoms with Crippen molar-refractivity contribution >= 4 is 17.4 Å². The molecular weight excluding hydrogens is 224 g/mol. The van der Waals surface area contributed by atoms with E-state index < -0.39 is 0 Å². The van der Waals surface area contributed by atoms with E-state index in [0.29, 0.717) is 23.2 Å². The fourth-order valence-electron chi connectivity index (χ4n) is 1.38. The van der Waals surface area contributed by atoms with Crippen LogP contribution in [0.2, 0.25) is 5.15 Å². The lowest BCUT2D eigenvalue weighted by Gasteiger charge is -2.11. The van der Waals surface area contributed by atoms with E-state index >= 15 is 0 Å². The maximum Gasteiger partial charge on any atom is 0.138 e. The second-order valence-corrected chi connectivity index (χ2v) is 3.87. The third kappa shape index (κ3) is 2.95. The van der Waals surface area contributed by atoms with E-state index in [1.165, 1.54) is 0 Å². The number of rotatable bonds is 5. The van der Waals surface area contributed by atoms with Crippen LogP contribution in [-0.4, -0.2) is 16.6 Å². The first-order valence-electron chi connectivity index (χ1n) is 5.45. The molecule has 1 aromatic rings. The Morgan fingerprint density at radius 1 is 1.38 bits per heavy atom. The summed E-state index contributed by atoms with van der Waals surface area (Å²) in [5, 5.41) is 0.481. The normalized spacial score (nSPS) is 10.2. The molecule has 0 bridgehead atoms. The first kappa shape index (κ1) is 13.0. The summed E-state index contributed by atoms with van der Waals surface area (Å²) >= 11 is 6.05. The predicted octanol–water partition coefficient (Wildman–Crippen LogP) is 3.40. The molecule has 4 heteroatoms. The van der Waals surface area contributed by atoms with Crippen molar-refractivity contribution < 1.29 is 4.74 Å². The van der Waals surface area contributed by atoms with Crippen LogP contribution in [0.1, 0.15) is 37.4 Å². The fourth-order valence-corrected chi connectivity index (χ4v) is 1.57. The molecule has 0 aromatic carbocycles. The van der Waals surface area contributed by atoms with Gasteiger partial charge in [-0.25, -0.2) is 9.97 Å². The first-order chi connectivity index (χ1) is 7.60. The third-order valence-electron chi connectivity index (χ3n) is 2.19. The van der Waals surface area contributed by atoms with E-state index in [-0.39, 0.29) is 0 Å². The molecule has 0 atom stereocenters. The molecule has 0 spiro atoms. The van der Waals surface area contributed by atoms with Gasteiger partial charge in [0, 0.05) is 12.0 Å². The monoisotopic (exact) mass is 240 g/mol. The van der Waals surface area contributed by atoms with E-state index in [1.807, 2.05) is 13.8 Å². The number of hydrogen-bond acceptors (Lipinski definition) is 3. The maximum absolute atomic E-state index is 6.05. The van der Waals surface area contributed by atoms with Crippen molar-refractivity contribution in [2.24, 2.45) is 0 Å². The molecule has 0 aliphatic carbocycles. The molecule has 0 saturated carbocycles. The average molecular weight is 241 g/mol. The Hall–Kier alpha value is -1.09. The smallest absolute Gasteiger partial charge is 0.138 e. The maximum atomic E-state index is 6.05. The van der Waals surface area contributed by atoms with Crippen LogP contribution in [0.5, 0.6) is 0 Å². The molecule has 0 unspecified atom stereocenters. The van der Waals surface area contributed by atoms with Gasteiger partial charge in [0.25, 0.3) is 0 Å². The van der Waals surface area contributed by atoms with Gasteiger partial charge >= 0.3 is 0 Å². The summed E-state index contributed by atoms with van der Waals surface area (Å²) in [6.07, 6.45) is 1.80. The average Bonchev–Trinajstić information content (AvgIpc) is 2.23. The summed E-state index contributed by atoms with van der Waals surface area (Å²) in [6, 6.07) is 0. The van der Waals surface area contributed by atoms with Crippen LogP contribution in [-0.2, 0) is 11.2 Å². The fraction of sp³-hybridized carbons (Fsp3) is 0.500. The molecule has 0 aliphatic heterocycles. The van der Waals surface area contributed by atoms with Crippen LogP contribution in [0.4, 0.5) is 0 Å². The van der Waals surface area contributed by atoms with Gasteiger partial charge in [-0.15, -0.1) is 0 Å². The molecule has 0 aliphatic rings. The second-order valence-electron chi connectivity index (χ2n) is 3.51. The van der Waals surface area contributed by atoms with Gasteiger partial charge in [-0.05, 0) is 20.3 Å². The Kier molecular flexibility index (Phi) is 4.74. The zero-order chi connectivity index (χ0) is 12.1. The minimum Gasteiger partial charge on any atom is -0.492 e. The molecule has 3 nitrogen and oxygen atoms in total. The Balaban J connectivity index is 3.10. The number of hydrogen-bond donors (Lipinski definition) is 0. The van der Waals surface area contributed by atoms with Crippen LogP contribution >= 0.6 is 11.6 Å². The van der Waals surface area contributed by atoms with Crippen LogP contribution < -0.4 is 0 Å². The molecular formula is C12H17ClN2O. The molecule has 0 radical (unpaired) electrons. The standard InChI is InChI=1S/C12H17ClN2O/c1-5-7-10-14-11(9(4)16-6-2)8(3)12(13)15-10/h4-7H2,1-3H3. The van der Waals surface area contributed by atoms with Crippen LogP contribution in [0, 0.1) is 6.92 Å². The summed E-state index contributed by atoms with van der Waals surface area (Å²) in [7, 11) is 0. The van der Waals surface area contributed by atoms with Crippen LogP contribution in [0.25, 0.3) is 5.76 Å². The van der Waals surface area contributed by atoms with Gasteiger partial charge in [0.2, 0.25) is 0 Å². The largest absolute Gasteiger partial charge is 0.492 e. The van der Waals surface area contributed by atoms with Gasteiger partial charge < -0.3 is 4.74 Å². The molecule has 0 saturated heterocycles. The molecule has 0 amide bonds. The lowest BCUT2D eigenvalue weighted by atomic mass is 10.2.